The van der Waals surface area contributed by atoms with Gasteiger partial charge < -0.3 is 29.6 Å². The lowest BCUT2D eigenvalue weighted by atomic mass is 10.1. The first kappa shape index (κ1) is 20.5. The molecule has 2 aliphatic heterocycles. The minimum atomic E-state index is 0.419. The number of rotatable bonds is 9. The molecule has 0 radical (unpaired) electrons. The van der Waals surface area contributed by atoms with E-state index in [1.165, 1.54) is 11.1 Å². The van der Waals surface area contributed by atoms with Crippen molar-refractivity contribution in [1.29, 1.82) is 0 Å². The fraction of sp³-hybridized carbons (Fsp3) is 0.500. The maximum absolute atomic E-state index is 6.15. The highest BCUT2D eigenvalue weighted by atomic mass is 16.5. The summed E-state index contributed by atoms with van der Waals surface area (Å²) in [6.07, 6.45) is 3.72. The van der Waals surface area contributed by atoms with Gasteiger partial charge in [0.05, 0.1) is 27.4 Å². The van der Waals surface area contributed by atoms with Crippen LogP contribution in [-0.2, 0) is 12.8 Å². The Morgan fingerprint density at radius 3 is 1.57 bits per heavy atom. The standard InChI is InChI=1S/C24H32N2O4/c1-15-13-17-19(25-15)7-9-21(27-3)23(17)29-11-5-6-12-30-24-18-14-16(2)26-20(18)8-10-22(24)28-4/h7-10,15-16,25-26H,5-6,11-14H2,1-4H3. The molecule has 2 aliphatic rings. The highest BCUT2D eigenvalue weighted by Crippen LogP contribution is 2.42. The van der Waals surface area contributed by atoms with Crippen molar-refractivity contribution in [3.05, 3.63) is 35.4 Å². The number of methoxy groups -OCH3 is 2. The van der Waals surface area contributed by atoms with Crippen molar-refractivity contribution in [3.63, 3.8) is 0 Å². The van der Waals surface area contributed by atoms with Crippen LogP contribution in [0.5, 0.6) is 23.0 Å². The van der Waals surface area contributed by atoms with Crippen LogP contribution in [0.1, 0.15) is 37.8 Å². The van der Waals surface area contributed by atoms with E-state index in [4.69, 9.17) is 18.9 Å². The number of hydrogen-bond donors (Lipinski definition) is 2. The van der Waals surface area contributed by atoms with E-state index in [1.807, 2.05) is 12.1 Å². The first-order valence-electron chi connectivity index (χ1n) is 10.8. The molecule has 6 heteroatoms. The molecule has 2 unspecified atom stereocenters. The van der Waals surface area contributed by atoms with Gasteiger partial charge in [0.25, 0.3) is 0 Å². The molecule has 2 aromatic carbocycles. The SMILES string of the molecule is COc1ccc2c(c1OCCCCOc1c(OC)ccc3c1CC(C)N3)CC(C)N2. The van der Waals surface area contributed by atoms with Crippen LogP contribution in [0.25, 0.3) is 0 Å². The molecule has 0 spiro atoms. The van der Waals surface area contributed by atoms with Crippen molar-refractivity contribution in [2.45, 2.75) is 51.6 Å². The van der Waals surface area contributed by atoms with E-state index in [1.54, 1.807) is 14.2 Å². The Hall–Kier alpha value is -2.76. The van der Waals surface area contributed by atoms with Crippen molar-refractivity contribution in [1.82, 2.24) is 0 Å². The Bertz CT molecular complexity index is 826. The second-order valence-electron chi connectivity index (χ2n) is 8.15. The zero-order valence-corrected chi connectivity index (χ0v) is 18.3. The molecule has 0 fully saturated rings. The molecule has 4 rings (SSSR count). The minimum absolute atomic E-state index is 0.419. The highest BCUT2D eigenvalue weighted by Gasteiger charge is 2.25. The van der Waals surface area contributed by atoms with Crippen LogP contribution in [0.15, 0.2) is 24.3 Å². The van der Waals surface area contributed by atoms with Gasteiger partial charge in [-0.1, -0.05) is 0 Å². The van der Waals surface area contributed by atoms with Crippen molar-refractivity contribution in [3.8, 4) is 23.0 Å². The van der Waals surface area contributed by atoms with E-state index in [0.717, 1.165) is 60.1 Å². The van der Waals surface area contributed by atoms with Gasteiger partial charge in [-0.2, -0.15) is 0 Å². The number of benzene rings is 2. The van der Waals surface area contributed by atoms with Crippen molar-refractivity contribution in [2.75, 3.05) is 38.1 Å². The average Bonchev–Trinajstić information content (AvgIpc) is 3.31. The third kappa shape index (κ3) is 4.09. The summed E-state index contributed by atoms with van der Waals surface area (Å²) in [6, 6.07) is 8.92. The molecule has 0 aromatic heterocycles. The number of anilines is 2. The lowest BCUT2D eigenvalue weighted by Gasteiger charge is -2.16. The van der Waals surface area contributed by atoms with Gasteiger partial charge >= 0.3 is 0 Å². The van der Waals surface area contributed by atoms with Gasteiger partial charge in [0.2, 0.25) is 0 Å². The van der Waals surface area contributed by atoms with Gasteiger partial charge in [-0.05, 0) is 63.8 Å². The summed E-state index contributed by atoms with van der Waals surface area (Å²) >= 11 is 0. The zero-order valence-electron chi connectivity index (χ0n) is 18.3. The summed E-state index contributed by atoms with van der Waals surface area (Å²) in [5.41, 5.74) is 4.72. The lowest BCUT2D eigenvalue weighted by Crippen LogP contribution is -2.09. The predicted molar refractivity (Wildman–Crippen MR) is 120 cm³/mol. The molecule has 0 amide bonds. The molecule has 0 aliphatic carbocycles. The van der Waals surface area contributed by atoms with Crippen molar-refractivity contribution in [2.24, 2.45) is 0 Å². The Morgan fingerprint density at radius 1 is 0.733 bits per heavy atom. The Kier molecular flexibility index (Phi) is 6.11. The molecule has 2 aromatic rings. The average molecular weight is 413 g/mol. The summed E-state index contributed by atoms with van der Waals surface area (Å²) in [5.74, 6) is 3.34. The summed E-state index contributed by atoms with van der Waals surface area (Å²) < 4.78 is 23.3. The minimum Gasteiger partial charge on any atom is -0.493 e. The zero-order chi connectivity index (χ0) is 21.1. The number of hydrogen-bond acceptors (Lipinski definition) is 6. The first-order valence-corrected chi connectivity index (χ1v) is 10.8. The van der Waals surface area contributed by atoms with Crippen LogP contribution < -0.4 is 29.6 Å². The van der Waals surface area contributed by atoms with Crippen LogP contribution in [-0.4, -0.2) is 39.5 Å². The third-order valence-electron chi connectivity index (χ3n) is 5.74. The number of nitrogens with one attached hydrogen (secondary N) is 2. The van der Waals surface area contributed by atoms with Gasteiger partial charge in [0.15, 0.2) is 23.0 Å². The normalized spacial score (nSPS) is 18.8. The lowest BCUT2D eigenvalue weighted by molar-refractivity contribution is 0.250. The monoisotopic (exact) mass is 412 g/mol. The molecule has 162 valence electrons. The van der Waals surface area contributed by atoms with Crippen LogP contribution in [0, 0.1) is 0 Å². The van der Waals surface area contributed by atoms with Gasteiger partial charge in [0, 0.05) is 34.6 Å². The topological polar surface area (TPSA) is 61.0 Å². The fourth-order valence-corrected chi connectivity index (χ4v) is 4.32. The third-order valence-corrected chi connectivity index (χ3v) is 5.74. The molecular weight excluding hydrogens is 380 g/mol. The van der Waals surface area contributed by atoms with Crippen LogP contribution in [0.2, 0.25) is 0 Å². The summed E-state index contributed by atoms with van der Waals surface area (Å²) in [4.78, 5) is 0. The number of ether oxygens (including phenoxy) is 4. The molecule has 2 N–H and O–H groups in total. The molecule has 0 bridgehead atoms. The van der Waals surface area contributed by atoms with E-state index in [-0.39, 0.29) is 0 Å². The quantitative estimate of drug-likeness (QED) is 0.585. The van der Waals surface area contributed by atoms with Crippen molar-refractivity contribution < 1.29 is 18.9 Å². The Morgan fingerprint density at radius 2 is 1.17 bits per heavy atom. The molecule has 0 saturated heterocycles. The molecule has 0 saturated carbocycles. The van der Waals surface area contributed by atoms with Crippen LogP contribution >= 0.6 is 0 Å². The van der Waals surface area contributed by atoms with Gasteiger partial charge in [-0.15, -0.1) is 0 Å². The Labute approximate surface area is 178 Å². The fourth-order valence-electron chi connectivity index (χ4n) is 4.32. The second kappa shape index (κ2) is 8.94. The van der Waals surface area contributed by atoms with Crippen LogP contribution in [0.3, 0.4) is 0 Å². The predicted octanol–water partition coefficient (Wildman–Crippen LogP) is 4.65. The maximum Gasteiger partial charge on any atom is 0.166 e. The van der Waals surface area contributed by atoms with Crippen molar-refractivity contribution >= 4 is 11.4 Å². The van der Waals surface area contributed by atoms with Gasteiger partial charge in [-0.3, -0.25) is 0 Å². The van der Waals surface area contributed by atoms with Gasteiger partial charge in [-0.25, -0.2) is 0 Å². The van der Waals surface area contributed by atoms with Crippen LogP contribution in [0.4, 0.5) is 11.4 Å². The summed E-state index contributed by atoms with van der Waals surface area (Å²) in [7, 11) is 3.38. The van der Waals surface area contributed by atoms with E-state index in [9.17, 15) is 0 Å². The smallest absolute Gasteiger partial charge is 0.166 e. The molecule has 30 heavy (non-hydrogen) atoms. The largest absolute Gasteiger partial charge is 0.493 e. The molecule has 6 nitrogen and oxygen atoms in total. The highest BCUT2D eigenvalue weighted by molar-refractivity contribution is 5.67. The summed E-state index contributed by atoms with van der Waals surface area (Å²) in [6.45, 7) is 5.62. The second-order valence-corrected chi connectivity index (χ2v) is 8.15. The molecule has 2 atom stereocenters. The Balaban J connectivity index is 1.31. The van der Waals surface area contributed by atoms with E-state index >= 15 is 0 Å². The molecular formula is C24H32N2O4. The number of fused-ring (bicyclic) bond motifs is 2. The molecule has 2 heterocycles. The van der Waals surface area contributed by atoms with E-state index in [0.29, 0.717) is 25.3 Å². The summed E-state index contributed by atoms with van der Waals surface area (Å²) in [5, 5.41) is 6.96. The number of unbranched alkanes of at least 4 members (excludes halogenated alkanes) is 1. The maximum atomic E-state index is 6.15. The van der Waals surface area contributed by atoms with E-state index < -0.39 is 0 Å². The van der Waals surface area contributed by atoms with Gasteiger partial charge in [0.1, 0.15) is 0 Å². The van der Waals surface area contributed by atoms with E-state index in [2.05, 4.69) is 36.6 Å². The first-order chi connectivity index (χ1) is 14.6.